The normalized spacial score (nSPS) is 29.7. The summed E-state index contributed by atoms with van der Waals surface area (Å²) in [6, 6.07) is 0. The van der Waals surface area contributed by atoms with Gasteiger partial charge in [0.15, 0.2) is 0 Å². The van der Waals surface area contributed by atoms with Gasteiger partial charge in [-0.3, -0.25) is 0 Å². The predicted octanol–water partition coefficient (Wildman–Crippen LogP) is -2.92. The van der Waals surface area contributed by atoms with Crippen molar-refractivity contribution in [2.24, 2.45) is 0 Å². The molecule has 0 saturated carbocycles. The lowest BCUT2D eigenvalue weighted by atomic mass is 9.30. The first kappa shape index (κ1) is 16.5. The predicted molar refractivity (Wildman–Crippen MR) is 79.6 cm³/mol. The number of hydrogen-bond donors (Lipinski definition) is 0. The monoisotopic (exact) mass is 223 g/mol. The third kappa shape index (κ3) is 2.18. The van der Waals surface area contributed by atoms with Crippen LogP contribution in [0.2, 0.25) is 0 Å². The molecule has 1 rings (SSSR count). The van der Waals surface area contributed by atoms with E-state index >= 15 is 0 Å². The van der Waals surface area contributed by atoms with Gasteiger partial charge in [0.2, 0.25) is 0 Å². The fraction of sp³-hybridized carbons (Fsp3) is 1.00. The average molecular weight is 222 g/mol. The number of hydrogen-bond acceptors (Lipinski definition) is 2. The summed E-state index contributed by atoms with van der Waals surface area (Å²) in [7, 11) is 46.7. The summed E-state index contributed by atoms with van der Waals surface area (Å²) in [5.74, 6) is 0. The van der Waals surface area contributed by atoms with Crippen LogP contribution < -0.4 is 0 Å². The van der Waals surface area contributed by atoms with Crippen LogP contribution in [0, 0.1) is 0 Å². The van der Waals surface area contributed by atoms with Gasteiger partial charge in [0, 0.05) is 5.54 Å². The molecule has 1 fully saturated rings. The highest BCUT2D eigenvalue weighted by atomic mass is 16.5. The van der Waals surface area contributed by atoms with Crippen molar-refractivity contribution in [1.29, 1.82) is 0 Å². The summed E-state index contributed by atoms with van der Waals surface area (Å²) in [5, 5.41) is -7.83. The minimum Gasteiger partial charge on any atom is -0.406 e. The Morgan fingerprint density at radius 2 is 1.00 bits per heavy atom. The van der Waals surface area contributed by atoms with E-state index in [1.54, 1.807) is 20.8 Å². The van der Waals surface area contributed by atoms with Crippen LogP contribution in [0.1, 0.15) is 20.8 Å². The second-order valence-electron chi connectivity index (χ2n) is 5.85. The van der Waals surface area contributed by atoms with Gasteiger partial charge >= 0.3 is 0 Å². The minimum atomic E-state index is -2.04. The third-order valence-corrected chi connectivity index (χ3v) is 3.00. The van der Waals surface area contributed by atoms with E-state index in [0.29, 0.717) is 0 Å². The summed E-state index contributed by atoms with van der Waals surface area (Å²) >= 11 is 0. The molecule has 18 heavy (non-hydrogen) atoms. The van der Waals surface area contributed by atoms with Crippen LogP contribution in [-0.4, -0.2) is 94.7 Å². The molecule has 0 bridgehead atoms. The zero-order chi connectivity index (χ0) is 14.8. The molecule has 0 amide bonds. The van der Waals surface area contributed by atoms with E-state index in [1.807, 2.05) is 0 Å². The smallest absolute Gasteiger partial charge is 0.0996 e. The van der Waals surface area contributed by atoms with Crippen molar-refractivity contribution in [3.05, 3.63) is 0 Å². The fourth-order valence-corrected chi connectivity index (χ4v) is 2.21. The van der Waals surface area contributed by atoms with Gasteiger partial charge in [-0.2, -0.15) is 0 Å². The molecule has 0 spiro atoms. The number of rotatable bonds is 0. The van der Waals surface area contributed by atoms with Crippen LogP contribution in [-0.2, 0) is 4.74 Å². The maximum atomic E-state index is 5.94. The zero-order valence-corrected chi connectivity index (χ0v) is 11.0. The van der Waals surface area contributed by atoms with Crippen LogP contribution in [0.4, 0.5) is 0 Å². The summed E-state index contributed by atoms with van der Waals surface area (Å²) in [4.78, 5) is 1.25. The molecule has 2 nitrogen and oxygen atoms in total. The van der Waals surface area contributed by atoms with Crippen molar-refractivity contribution in [1.82, 2.24) is 4.90 Å². The third-order valence-electron chi connectivity index (χ3n) is 3.00. The van der Waals surface area contributed by atoms with Crippen molar-refractivity contribution < 1.29 is 4.74 Å². The molecule has 10 heteroatoms. The Hall–Kier alpha value is 0.439. The van der Waals surface area contributed by atoms with Gasteiger partial charge in [-0.05, 0) is 42.2 Å². The fourth-order valence-electron chi connectivity index (χ4n) is 2.21. The molecule has 0 aromatic carbocycles. The van der Waals surface area contributed by atoms with Gasteiger partial charge < -0.3 is 9.64 Å². The summed E-state index contributed by atoms with van der Waals surface area (Å²) in [6.45, 7) is 5.27. The second kappa shape index (κ2) is 3.97. The maximum absolute atomic E-state index is 5.94. The van der Waals surface area contributed by atoms with E-state index in [9.17, 15) is 0 Å². The molecule has 0 unspecified atom stereocenters. The summed E-state index contributed by atoms with van der Waals surface area (Å²) < 4.78 is 5.09. The Morgan fingerprint density at radius 1 is 0.722 bits per heavy atom. The van der Waals surface area contributed by atoms with Crippen molar-refractivity contribution in [2.45, 2.75) is 47.8 Å². The average Bonchev–Trinajstić information content (AvgIpc) is 1.93. The van der Waals surface area contributed by atoms with E-state index in [1.165, 1.54) is 4.90 Å². The minimum absolute atomic E-state index is 0.718. The highest BCUT2D eigenvalue weighted by Gasteiger charge is 2.59. The molecule has 0 aromatic heterocycles. The SMILES string of the molecule is [B]C1([B])OC([B])([B])C([B])([B])N(C(C)(C)C)C1([B])[B]. The molecular formula is C8H9B8NO. The first-order chi connectivity index (χ1) is 7.57. The molecule has 0 atom stereocenters. The Kier molecular flexibility index (Phi) is 3.64. The van der Waals surface area contributed by atoms with Crippen molar-refractivity contribution in [2.75, 3.05) is 0 Å². The zero-order valence-electron chi connectivity index (χ0n) is 11.0. The lowest BCUT2D eigenvalue weighted by Gasteiger charge is -2.73. The Labute approximate surface area is 120 Å². The Bertz CT molecular complexity index is 321. The highest BCUT2D eigenvalue weighted by Crippen LogP contribution is 2.43. The van der Waals surface area contributed by atoms with Gasteiger partial charge in [-0.15, -0.1) is 0 Å². The van der Waals surface area contributed by atoms with Gasteiger partial charge in [0.25, 0.3) is 0 Å². The van der Waals surface area contributed by atoms with E-state index in [-0.39, 0.29) is 0 Å². The van der Waals surface area contributed by atoms with Crippen LogP contribution in [0.3, 0.4) is 0 Å². The number of morpholine rings is 1. The number of ether oxygens (including phenoxy) is 1. The van der Waals surface area contributed by atoms with E-state index in [2.05, 4.69) is 0 Å². The molecule has 0 N–H and O–H groups in total. The molecule has 0 aromatic rings. The first-order valence-corrected chi connectivity index (χ1v) is 5.39. The topological polar surface area (TPSA) is 12.5 Å². The Morgan fingerprint density at radius 3 is 1.22 bits per heavy atom. The van der Waals surface area contributed by atoms with Crippen molar-refractivity contribution >= 4 is 62.8 Å². The van der Waals surface area contributed by atoms with Crippen LogP contribution >= 0.6 is 0 Å². The molecule has 1 aliphatic heterocycles. The van der Waals surface area contributed by atoms with E-state index in [4.69, 9.17) is 67.5 Å². The number of nitrogens with zero attached hydrogens (tertiary/aromatic N) is 1. The standard InChI is InChI=1S/C8H9B8NO/c1-4(2,3)17-5(9,10)7(13,14)18-8(15,16)6(17,11)12/h1-3H3. The van der Waals surface area contributed by atoms with Crippen LogP contribution in [0.5, 0.6) is 0 Å². The van der Waals surface area contributed by atoms with E-state index in [0.717, 1.165) is 0 Å². The lowest BCUT2D eigenvalue weighted by Crippen LogP contribution is -2.88. The quantitative estimate of drug-likeness (QED) is 0.407. The largest absolute Gasteiger partial charge is 0.406 e. The summed E-state index contributed by atoms with van der Waals surface area (Å²) in [5.41, 5.74) is -0.718. The molecule has 1 aliphatic rings. The van der Waals surface area contributed by atoms with Gasteiger partial charge in [-0.1, -0.05) is 0 Å². The first-order valence-electron chi connectivity index (χ1n) is 5.39. The van der Waals surface area contributed by atoms with Crippen LogP contribution in [0.25, 0.3) is 0 Å². The molecule has 0 aliphatic carbocycles. The van der Waals surface area contributed by atoms with Crippen molar-refractivity contribution in [3.63, 3.8) is 0 Å². The van der Waals surface area contributed by atoms with E-state index < -0.39 is 27.0 Å². The molecule has 76 valence electrons. The lowest BCUT2D eigenvalue weighted by molar-refractivity contribution is -0.140. The molecule has 1 heterocycles. The maximum Gasteiger partial charge on any atom is 0.0996 e. The van der Waals surface area contributed by atoms with Crippen molar-refractivity contribution in [3.8, 4) is 0 Å². The molecule has 1 saturated heterocycles. The van der Waals surface area contributed by atoms with Gasteiger partial charge in [0.1, 0.15) is 0 Å². The van der Waals surface area contributed by atoms with Crippen LogP contribution in [0.15, 0.2) is 0 Å². The Balaban J connectivity index is 3.48. The van der Waals surface area contributed by atoms with Gasteiger partial charge in [-0.25, -0.2) is 0 Å². The van der Waals surface area contributed by atoms with Gasteiger partial charge in [0.05, 0.1) is 62.8 Å². The highest BCUT2D eigenvalue weighted by molar-refractivity contribution is 6.59. The summed E-state index contributed by atoms with van der Waals surface area (Å²) in [6.07, 6.45) is 0. The molecular weight excluding hydrogens is 213 g/mol. The second-order valence-corrected chi connectivity index (χ2v) is 5.85. The molecule has 16 radical (unpaired) electrons.